The molecule has 2 atom stereocenters. The molecule has 0 bridgehead atoms. The lowest BCUT2D eigenvalue weighted by Gasteiger charge is -2.17. The van der Waals surface area contributed by atoms with Gasteiger partial charge in [0.05, 0.1) is 18.1 Å². The average Bonchev–Trinajstić information content (AvgIpc) is 2.96. The summed E-state index contributed by atoms with van der Waals surface area (Å²) in [4.78, 5) is 47.3. The molecule has 1 amide bonds. The minimum atomic E-state index is -1.28. The van der Waals surface area contributed by atoms with Crippen molar-refractivity contribution in [2.24, 2.45) is 5.92 Å². The molecule has 2 aromatic rings. The number of hydrogen-bond donors (Lipinski definition) is 1. The first kappa shape index (κ1) is 17.3. The second kappa shape index (κ2) is 6.75. The zero-order valence-electron chi connectivity index (χ0n) is 13.7. The summed E-state index contributed by atoms with van der Waals surface area (Å²) in [5, 5.41) is 13.4. The molecule has 132 valence electrons. The van der Waals surface area contributed by atoms with Gasteiger partial charge in [0.2, 0.25) is 5.78 Å². The van der Waals surface area contributed by atoms with Gasteiger partial charge in [-0.2, -0.15) is 0 Å². The molecule has 0 aliphatic carbocycles. The fraction of sp³-hybridized carbons (Fsp3) is 0.167. The Labute approximate surface area is 147 Å². The van der Waals surface area contributed by atoms with Crippen molar-refractivity contribution in [2.45, 2.75) is 6.04 Å². The van der Waals surface area contributed by atoms with E-state index in [1.54, 1.807) is 12.1 Å². The third-order valence-corrected chi connectivity index (χ3v) is 4.22. The number of amides is 1. The number of methoxy groups -OCH3 is 1. The van der Waals surface area contributed by atoms with Crippen molar-refractivity contribution in [2.75, 3.05) is 7.11 Å². The Bertz CT molecular complexity index is 906. The molecule has 1 N–H and O–H groups in total. The normalized spacial score (nSPS) is 19.1. The summed E-state index contributed by atoms with van der Waals surface area (Å²) in [5.74, 6) is -3.01. The smallest absolute Gasteiger partial charge is 0.288 e. The monoisotopic (exact) mass is 354 g/mol. The fourth-order valence-corrected chi connectivity index (χ4v) is 2.90. The van der Waals surface area contributed by atoms with E-state index in [4.69, 9.17) is 4.74 Å². The fourth-order valence-electron chi connectivity index (χ4n) is 2.90. The molecule has 1 fully saturated rings. The number of nitrogens with zero attached hydrogens (tertiary/aromatic N) is 1. The van der Waals surface area contributed by atoms with Crippen LogP contribution in [-0.2, 0) is 9.59 Å². The lowest BCUT2D eigenvalue weighted by Crippen LogP contribution is -2.26. The number of ketones is 2. The highest BCUT2D eigenvalue weighted by molar-refractivity contribution is 6.44. The van der Waals surface area contributed by atoms with Crippen LogP contribution in [0.1, 0.15) is 22.0 Å². The molecule has 3 rings (SSSR count). The maximum absolute atomic E-state index is 12.8. The first-order valence-corrected chi connectivity index (χ1v) is 7.69. The van der Waals surface area contributed by atoms with E-state index in [0.717, 1.165) is 0 Å². The first-order valence-electron chi connectivity index (χ1n) is 7.69. The summed E-state index contributed by atoms with van der Waals surface area (Å²) in [7, 11) is 1.48. The van der Waals surface area contributed by atoms with Crippen LogP contribution in [-0.4, -0.2) is 29.5 Å². The molecule has 26 heavy (non-hydrogen) atoms. The SMILES string of the molecule is COc1ccc(C(=O)C2C(=O)C(=O)NC2c2cccc([N+](=O)[O-])c2)cc1. The highest BCUT2D eigenvalue weighted by Crippen LogP contribution is 2.32. The number of ether oxygens (including phenoxy) is 1. The number of carbonyl (C=O) groups excluding carboxylic acids is 3. The van der Waals surface area contributed by atoms with Gasteiger partial charge in [-0.1, -0.05) is 12.1 Å². The quantitative estimate of drug-likeness (QED) is 0.288. The van der Waals surface area contributed by atoms with Crippen LogP contribution in [0.5, 0.6) is 5.75 Å². The highest BCUT2D eigenvalue weighted by Gasteiger charge is 2.46. The lowest BCUT2D eigenvalue weighted by molar-refractivity contribution is -0.384. The van der Waals surface area contributed by atoms with Crippen LogP contribution >= 0.6 is 0 Å². The number of Topliss-reactive ketones (excluding diaryl/α,β-unsaturated/α-hetero) is 2. The minimum absolute atomic E-state index is 0.188. The second-order valence-electron chi connectivity index (χ2n) is 5.74. The van der Waals surface area contributed by atoms with Gasteiger partial charge < -0.3 is 10.1 Å². The van der Waals surface area contributed by atoms with E-state index in [0.29, 0.717) is 11.3 Å². The number of non-ortho nitro benzene ring substituents is 1. The molecule has 1 heterocycles. The van der Waals surface area contributed by atoms with Gasteiger partial charge >= 0.3 is 0 Å². The molecule has 1 aliphatic heterocycles. The summed E-state index contributed by atoms with van der Waals surface area (Å²) < 4.78 is 5.03. The van der Waals surface area contributed by atoms with E-state index >= 15 is 0 Å². The van der Waals surface area contributed by atoms with Crippen molar-refractivity contribution in [1.82, 2.24) is 5.32 Å². The van der Waals surface area contributed by atoms with Crippen LogP contribution in [0.15, 0.2) is 48.5 Å². The number of hydrogen-bond acceptors (Lipinski definition) is 6. The lowest BCUT2D eigenvalue weighted by atomic mass is 9.86. The van der Waals surface area contributed by atoms with Gasteiger partial charge in [-0.25, -0.2) is 0 Å². The Morgan fingerprint density at radius 2 is 1.85 bits per heavy atom. The summed E-state index contributed by atoms with van der Waals surface area (Å²) in [6.07, 6.45) is 0. The molecular formula is C18H14N2O6. The zero-order chi connectivity index (χ0) is 18.8. The topological polar surface area (TPSA) is 116 Å². The van der Waals surface area contributed by atoms with Gasteiger partial charge in [0, 0.05) is 17.7 Å². The highest BCUT2D eigenvalue weighted by atomic mass is 16.6. The largest absolute Gasteiger partial charge is 0.497 e. The van der Waals surface area contributed by atoms with Crippen LogP contribution in [0.3, 0.4) is 0 Å². The van der Waals surface area contributed by atoms with E-state index in [1.807, 2.05) is 0 Å². The number of rotatable bonds is 5. The summed E-state index contributed by atoms with van der Waals surface area (Å²) in [6, 6.07) is 10.7. The van der Waals surface area contributed by atoms with E-state index < -0.39 is 34.4 Å². The molecule has 8 heteroatoms. The summed E-state index contributed by atoms with van der Waals surface area (Å²) in [6.45, 7) is 0. The first-order chi connectivity index (χ1) is 12.4. The minimum Gasteiger partial charge on any atom is -0.497 e. The molecule has 0 spiro atoms. The van der Waals surface area contributed by atoms with Crippen molar-refractivity contribution < 1.29 is 24.0 Å². The molecule has 2 aromatic carbocycles. The van der Waals surface area contributed by atoms with Crippen LogP contribution in [0.2, 0.25) is 0 Å². The van der Waals surface area contributed by atoms with Gasteiger partial charge in [0.1, 0.15) is 11.7 Å². The zero-order valence-corrected chi connectivity index (χ0v) is 13.7. The van der Waals surface area contributed by atoms with Crippen molar-refractivity contribution in [1.29, 1.82) is 0 Å². The molecule has 1 saturated heterocycles. The summed E-state index contributed by atoms with van der Waals surface area (Å²) >= 11 is 0. The Kier molecular flexibility index (Phi) is 4.49. The van der Waals surface area contributed by atoms with Gasteiger partial charge in [0.15, 0.2) is 5.78 Å². The predicted octanol–water partition coefficient (Wildman–Crippen LogP) is 1.84. The third kappa shape index (κ3) is 3.04. The van der Waals surface area contributed by atoms with E-state index in [-0.39, 0.29) is 11.3 Å². The van der Waals surface area contributed by atoms with E-state index in [1.165, 1.54) is 43.5 Å². The van der Waals surface area contributed by atoms with Crippen molar-refractivity contribution in [3.05, 3.63) is 69.8 Å². The van der Waals surface area contributed by atoms with Crippen molar-refractivity contribution in [3.8, 4) is 5.75 Å². The molecule has 2 unspecified atom stereocenters. The number of benzene rings is 2. The van der Waals surface area contributed by atoms with Gasteiger partial charge in [-0.3, -0.25) is 24.5 Å². The number of nitro benzene ring substituents is 1. The molecule has 8 nitrogen and oxygen atoms in total. The predicted molar refractivity (Wildman–Crippen MR) is 89.8 cm³/mol. The molecule has 0 radical (unpaired) electrons. The van der Waals surface area contributed by atoms with Crippen molar-refractivity contribution >= 4 is 23.2 Å². The van der Waals surface area contributed by atoms with Gasteiger partial charge in [0.25, 0.3) is 11.6 Å². The Hall–Kier alpha value is -3.55. The number of nitrogens with one attached hydrogen (secondary N) is 1. The maximum atomic E-state index is 12.8. The molecular weight excluding hydrogens is 340 g/mol. The van der Waals surface area contributed by atoms with E-state index in [9.17, 15) is 24.5 Å². The van der Waals surface area contributed by atoms with Gasteiger partial charge in [-0.05, 0) is 29.8 Å². The van der Waals surface area contributed by atoms with Crippen LogP contribution in [0.25, 0.3) is 0 Å². The molecule has 1 aliphatic rings. The van der Waals surface area contributed by atoms with E-state index in [2.05, 4.69) is 5.32 Å². The summed E-state index contributed by atoms with van der Waals surface area (Å²) in [5.41, 5.74) is 0.382. The van der Waals surface area contributed by atoms with Crippen LogP contribution < -0.4 is 10.1 Å². The Morgan fingerprint density at radius 3 is 2.46 bits per heavy atom. The second-order valence-corrected chi connectivity index (χ2v) is 5.74. The van der Waals surface area contributed by atoms with Crippen molar-refractivity contribution in [3.63, 3.8) is 0 Å². The van der Waals surface area contributed by atoms with Gasteiger partial charge in [-0.15, -0.1) is 0 Å². The molecule has 0 saturated carbocycles. The van der Waals surface area contributed by atoms with Crippen LogP contribution in [0.4, 0.5) is 5.69 Å². The van der Waals surface area contributed by atoms with Crippen LogP contribution in [0, 0.1) is 16.0 Å². The molecule has 0 aromatic heterocycles. The Morgan fingerprint density at radius 1 is 1.15 bits per heavy atom. The standard InChI is InChI=1S/C18H14N2O6/c1-26-13-7-5-10(6-8-13)16(21)14-15(19-18(23)17(14)22)11-3-2-4-12(9-11)20(24)25/h2-9,14-15H,1H3,(H,19,23). The maximum Gasteiger partial charge on any atom is 0.288 e. The third-order valence-electron chi connectivity index (χ3n) is 4.22. The number of carbonyl (C=O) groups is 3. The number of nitro groups is 1. The Balaban J connectivity index is 1.98. The average molecular weight is 354 g/mol.